The fourth-order valence-electron chi connectivity index (χ4n) is 9.72. The summed E-state index contributed by atoms with van der Waals surface area (Å²) in [6.45, 7) is 0. The number of hydrogen-bond donors (Lipinski definition) is 0. The van der Waals surface area contributed by atoms with Crippen LogP contribution in [0.5, 0.6) is 0 Å². The van der Waals surface area contributed by atoms with E-state index in [1.165, 1.54) is 50.1 Å². The Labute approximate surface area is 324 Å². The van der Waals surface area contributed by atoms with Crippen LogP contribution in [0.2, 0.25) is 0 Å². The van der Waals surface area contributed by atoms with Gasteiger partial charge in [0.25, 0.3) is 0 Å². The number of nitrogens with zero attached hydrogens (tertiary/aromatic N) is 4. The molecule has 0 N–H and O–H groups in total. The standard InChI is InChI=1S/C52H32N4/c1-3-17-33(18-4-1)49-53-50(34-19-5-2-6-20-34)55-51(54-49)56-46-32-14-10-24-38(46)41-27-16-28-42(48(41)56)40-26-15-25-39-37-23-9-13-31-45(37)52(47(39)40)43-29-11-7-21-35(43)36-22-8-12-30-44(36)52/h1-32H. The first-order valence-electron chi connectivity index (χ1n) is 19.1. The maximum atomic E-state index is 5.28. The summed E-state index contributed by atoms with van der Waals surface area (Å²) in [5.74, 6) is 1.84. The van der Waals surface area contributed by atoms with Crippen LogP contribution in [0.4, 0.5) is 0 Å². The summed E-state index contributed by atoms with van der Waals surface area (Å²) in [6.07, 6.45) is 0. The van der Waals surface area contributed by atoms with E-state index in [0.29, 0.717) is 17.6 Å². The highest BCUT2D eigenvalue weighted by atomic mass is 15.2. The highest BCUT2D eigenvalue weighted by Gasteiger charge is 2.52. The molecule has 0 saturated carbocycles. The third-order valence-electron chi connectivity index (χ3n) is 11.9. The van der Waals surface area contributed by atoms with E-state index >= 15 is 0 Å². The van der Waals surface area contributed by atoms with Crippen molar-refractivity contribution in [2.75, 3.05) is 0 Å². The first-order valence-corrected chi connectivity index (χ1v) is 19.1. The minimum atomic E-state index is -0.497. The predicted molar refractivity (Wildman–Crippen MR) is 227 cm³/mol. The molecule has 4 nitrogen and oxygen atoms in total. The second-order valence-corrected chi connectivity index (χ2v) is 14.7. The third kappa shape index (κ3) is 4.15. The molecule has 0 aliphatic heterocycles. The largest absolute Gasteiger partial charge is 0.277 e. The normalized spacial score (nSPS) is 13.1. The molecule has 0 saturated heterocycles. The highest BCUT2D eigenvalue weighted by molar-refractivity contribution is 6.14. The van der Waals surface area contributed by atoms with Crippen molar-refractivity contribution in [1.29, 1.82) is 0 Å². The van der Waals surface area contributed by atoms with Crippen molar-refractivity contribution in [3.63, 3.8) is 0 Å². The summed E-state index contributed by atoms with van der Waals surface area (Å²) in [5.41, 5.74) is 16.2. The van der Waals surface area contributed by atoms with Crippen molar-refractivity contribution in [3.8, 4) is 62.1 Å². The monoisotopic (exact) mass is 712 g/mol. The molecule has 8 aromatic carbocycles. The van der Waals surface area contributed by atoms with Gasteiger partial charge in [0.05, 0.1) is 16.4 Å². The minimum absolute atomic E-state index is 0.497. The number of benzene rings is 8. The van der Waals surface area contributed by atoms with E-state index in [2.05, 4.69) is 162 Å². The van der Waals surface area contributed by atoms with E-state index in [1.807, 2.05) is 36.4 Å². The lowest BCUT2D eigenvalue weighted by molar-refractivity contribution is 0.796. The number of hydrogen-bond acceptors (Lipinski definition) is 3. The Morgan fingerprint density at radius 3 is 1.38 bits per heavy atom. The molecule has 0 bridgehead atoms. The van der Waals surface area contributed by atoms with Gasteiger partial charge < -0.3 is 0 Å². The second kappa shape index (κ2) is 11.8. The lowest BCUT2D eigenvalue weighted by atomic mass is 9.68. The molecule has 0 fully saturated rings. The van der Waals surface area contributed by atoms with Crippen LogP contribution in [-0.4, -0.2) is 19.5 Å². The SMILES string of the molecule is c1ccc(-c2nc(-c3ccccc3)nc(-n3c4ccccc4c4cccc(-c5cccc6c5C5(c7ccccc7-c7ccccc75)c5ccccc5-6)c43)n2)cc1. The quantitative estimate of drug-likeness (QED) is 0.182. The van der Waals surface area contributed by atoms with Gasteiger partial charge in [0, 0.05) is 27.5 Å². The topological polar surface area (TPSA) is 43.6 Å². The molecule has 10 aromatic rings. The first-order chi connectivity index (χ1) is 27.8. The van der Waals surface area contributed by atoms with E-state index in [1.54, 1.807) is 0 Å². The molecule has 260 valence electrons. The number of rotatable bonds is 4. The molecule has 0 radical (unpaired) electrons. The maximum Gasteiger partial charge on any atom is 0.238 e. The lowest BCUT2D eigenvalue weighted by Crippen LogP contribution is -2.26. The summed E-state index contributed by atoms with van der Waals surface area (Å²) in [4.78, 5) is 15.6. The average molecular weight is 713 g/mol. The number of aromatic nitrogens is 4. The fraction of sp³-hybridized carbons (Fsp3) is 0.0192. The minimum Gasteiger partial charge on any atom is -0.277 e. The van der Waals surface area contributed by atoms with E-state index in [4.69, 9.17) is 15.0 Å². The molecule has 0 amide bonds. The third-order valence-corrected chi connectivity index (χ3v) is 11.9. The van der Waals surface area contributed by atoms with E-state index in [-0.39, 0.29) is 0 Å². The van der Waals surface area contributed by atoms with Crippen molar-refractivity contribution >= 4 is 21.8 Å². The summed E-state index contributed by atoms with van der Waals surface area (Å²) < 4.78 is 2.27. The van der Waals surface area contributed by atoms with Crippen LogP contribution in [0.15, 0.2) is 194 Å². The Balaban J connectivity index is 1.21. The molecule has 2 aliphatic carbocycles. The van der Waals surface area contributed by atoms with Crippen molar-refractivity contribution < 1.29 is 0 Å². The van der Waals surface area contributed by atoms with Gasteiger partial charge in [-0.05, 0) is 56.1 Å². The molecular weight excluding hydrogens is 681 g/mol. The van der Waals surface area contributed by atoms with Crippen molar-refractivity contribution in [1.82, 2.24) is 19.5 Å². The first kappa shape index (κ1) is 31.0. The van der Waals surface area contributed by atoms with Gasteiger partial charge in [-0.2, -0.15) is 9.97 Å². The van der Waals surface area contributed by atoms with Crippen molar-refractivity contribution in [2.24, 2.45) is 0 Å². The predicted octanol–water partition coefficient (Wildman–Crippen LogP) is 12.3. The van der Waals surface area contributed by atoms with Crippen LogP contribution < -0.4 is 0 Å². The smallest absolute Gasteiger partial charge is 0.238 e. The van der Waals surface area contributed by atoms with Crippen LogP contribution in [-0.2, 0) is 5.41 Å². The summed E-state index contributed by atoms with van der Waals surface area (Å²) in [7, 11) is 0. The zero-order chi connectivity index (χ0) is 36.8. The van der Waals surface area contributed by atoms with Gasteiger partial charge in [-0.15, -0.1) is 0 Å². The van der Waals surface area contributed by atoms with E-state index < -0.39 is 5.41 Å². The molecule has 0 unspecified atom stereocenters. The van der Waals surface area contributed by atoms with Crippen LogP contribution in [0.1, 0.15) is 22.3 Å². The van der Waals surface area contributed by atoms with Gasteiger partial charge >= 0.3 is 0 Å². The van der Waals surface area contributed by atoms with Gasteiger partial charge in [-0.3, -0.25) is 4.57 Å². The van der Waals surface area contributed by atoms with Gasteiger partial charge in [0.15, 0.2) is 11.6 Å². The highest BCUT2D eigenvalue weighted by Crippen LogP contribution is 2.64. The molecule has 56 heavy (non-hydrogen) atoms. The average Bonchev–Trinajstić information content (AvgIpc) is 3.89. The summed E-state index contributed by atoms with van der Waals surface area (Å²) in [6, 6.07) is 69.7. The van der Waals surface area contributed by atoms with Crippen LogP contribution >= 0.6 is 0 Å². The molecule has 2 aromatic heterocycles. The summed E-state index contributed by atoms with van der Waals surface area (Å²) >= 11 is 0. The molecule has 12 rings (SSSR count). The Hall–Kier alpha value is -7.43. The Morgan fingerprint density at radius 2 is 0.768 bits per heavy atom. The van der Waals surface area contributed by atoms with Gasteiger partial charge in [-0.1, -0.05) is 188 Å². The van der Waals surface area contributed by atoms with Crippen LogP contribution in [0.25, 0.3) is 83.9 Å². The van der Waals surface area contributed by atoms with Crippen molar-refractivity contribution in [3.05, 3.63) is 216 Å². The molecule has 2 heterocycles. The Morgan fingerprint density at radius 1 is 0.339 bits per heavy atom. The molecule has 0 atom stereocenters. The van der Waals surface area contributed by atoms with E-state index in [9.17, 15) is 0 Å². The fourth-order valence-corrected chi connectivity index (χ4v) is 9.72. The lowest BCUT2D eigenvalue weighted by Gasteiger charge is -2.32. The summed E-state index contributed by atoms with van der Waals surface area (Å²) in [5, 5.41) is 2.30. The zero-order valence-corrected chi connectivity index (χ0v) is 30.3. The van der Waals surface area contributed by atoms with Gasteiger partial charge in [0.1, 0.15) is 0 Å². The number of fused-ring (bicyclic) bond motifs is 13. The van der Waals surface area contributed by atoms with Crippen LogP contribution in [0, 0.1) is 0 Å². The molecule has 2 aliphatic rings. The van der Waals surface area contributed by atoms with Crippen LogP contribution in [0.3, 0.4) is 0 Å². The van der Waals surface area contributed by atoms with Crippen molar-refractivity contribution in [2.45, 2.75) is 5.41 Å². The number of para-hydroxylation sites is 2. The molecular formula is C52H32N4. The molecule has 4 heteroatoms. The van der Waals surface area contributed by atoms with Gasteiger partial charge in [0.2, 0.25) is 5.95 Å². The van der Waals surface area contributed by atoms with E-state index in [0.717, 1.165) is 38.5 Å². The van der Waals surface area contributed by atoms with Gasteiger partial charge in [-0.25, -0.2) is 4.98 Å². The maximum absolute atomic E-state index is 5.28. The zero-order valence-electron chi connectivity index (χ0n) is 30.3. The Bertz CT molecular complexity index is 3080. The Kier molecular flexibility index (Phi) is 6.52. The molecule has 1 spiro atoms. The second-order valence-electron chi connectivity index (χ2n) is 14.7.